The van der Waals surface area contributed by atoms with E-state index in [1.807, 2.05) is 14.1 Å². The number of aryl methyl sites for hydroxylation is 1. The maximum Gasteiger partial charge on any atom is 0.303 e. The van der Waals surface area contributed by atoms with E-state index >= 15 is 0 Å². The van der Waals surface area contributed by atoms with E-state index in [1.165, 1.54) is 5.56 Å². The number of carbonyl (C=O) groups is 1. The first-order valence-corrected chi connectivity index (χ1v) is 9.42. The van der Waals surface area contributed by atoms with E-state index in [2.05, 4.69) is 27.4 Å². The van der Waals surface area contributed by atoms with Gasteiger partial charge in [0.05, 0.1) is 0 Å². The number of aromatic nitrogens is 1. The van der Waals surface area contributed by atoms with Gasteiger partial charge in [0.2, 0.25) is 0 Å². The highest BCUT2D eigenvalue weighted by Gasteiger charge is 2.28. The van der Waals surface area contributed by atoms with Gasteiger partial charge in [-0.05, 0) is 61.8 Å². The van der Waals surface area contributed by atoms with Crippen molar-refractivity contribution in [3.05, 3.63) is 33.8 Å². The van der Waals surface area contributed by atoms with Crippen molar-refractivity contribution in [1.82, 2.24) is 9.88 Å². The van der Waals surface area contributed by atoms with Crippen molar-refractivity contribution in [3.63, 3.8) is 0 Å². The zero-order valence-corrected chi connectivity index (χ0v) is 15.8. The van der Waals surface area contributed by atoms with Crippen LogP contribution in [-0.2, 0) is 24.2 Å². The molecule has 0 saturated heterocycles. The van der Waals surface area contributed by atoms with E-state index < -0.39 is 5.97 Å². The summed E-state index contributed by atoms with van der Waals surface area (Å²) in [5.74, 6) is -0.453. The quantitative estimate of drug-likeness (QED) is 0.839. The van der Waals surface area contributed by atoms with Crippen LogP contribution in [0.2, 0.25) is 0 Å². The number of aliphatic carboxylic acids is 1. The van der Waals surface area contributed by atoms with Crippen molar-refractivity contribution >= 4 is 23.1 Å². The van der Waals surface area contributed by atoms with Crippen LogP contribution in [0.4, 0.5) is 5.82 Å². The smallest absolute Gasteiger partial charge is 0.303 e. The van der Waals surface area contributed by atoms with E-state index in [0.717, 1.165) is 34.7 Å². The number of nitrogen functional groups attached to an aromatic ring is 1. The average molecular weight is 370 g/mol. The molecule has 1 atom stereocenters. The minimum Gasteiger partial charge on any atom is -0.481 e. The molecule has 3 N–H and O–H groups in total. The van der Waals surface area contributed by atoms with Crippen molar-refractivity contribution in [2.75, 3.05) is 19.8 Å². The summed E-state index contributed by atoms with van der Waals surface area (Å²) in [7, 11) is 4.03. The summed E-state index contributed by atoms with van der Waals surface area (Å²) in [5, 5.41) is 20.9. The monoisotopic (exact) mass is 370 g/mol. The molecule has 0 spiro atoms. The molecule has 2 aromatic rings. The molecule has 1 aliphatic carbocycles. The molecule has 0 fully saturated rings. The maximum atomic E-state index is 11.1. The minimum atomic E-state index is -0.784. The van der Waals surface area contributed by atoms with E-state index in [1.54, 1.807) is 11.3 Å². The van der Waals surface area contributed by atoms with Crippen molar-refractivity contribution in [2.45, 2.75) is 32.2 Å². The predicted octanol–water partition coefficient (Wildman–Crippen LogP) is 2.91. The summed E-state index contributed by atoms with van der Waals surface area (Å²) in [6.07, 6.45) is 2.25. The first kappa shape index (κ1) is 18.4. The van der Waals surface area contributed by atoms with Crippen LogP contribution in [0.3, 0.4) is 0 Å². The number of hydrogen-bond donors (Lipinski definition) is 2. The third-order valence-corrected chi connectivity index (χ3v) is 5.66. The molecule has 0 saturated carbocycles. The summed E-state index contributed by atoms with van der Waals surface area (Å²) >= 11 is 1.59. The van der Waals surface area contributed by atoms with Crippen LogP contribution in [0.15, 0.2) is 11.4 Å². The van der Waals surface area contributed by atoms with Gasteiger partial charge in [0.25, 0.3) is 0 Å². The molecule has 1 unspecified atom stereocenters. The van der Waals surface area contributed by atoms with Crippen LogP contribution in [0.5, 0.6) is 0 Å². The Balaban J connectivity index is 2.08. The van der Waals surface area contributed by atoms with E-state index in [9.17, 15) is 10.1 Å². The average Bonchev–Trinajstić information content (AvgIpc) is 3.00. The molecule has 0 bridgehead atoms. The zero-order chi connectivity index (χ0) is 18.8. The van der Waals surface area contributed by atoms with Crippen LogP contribution in [0, 0.1) is 17.2 Å². The van der Waals surface area contributed by atoms with Gasteiger partial charge < -0.3 is 15.7 Å². The second-order valence-corrected chi connectivity index (χ2v) is 7.96. The SMILES string of the molecule is CN(C)Cc1csc(-c2c(C#N)c(N)nc3c2CC(CC(=O)O)CC3)c1. The van der Waals surface area contributed by atoms with E-state index in [0.29, 0.717) is 18.4 Å². The van der Waals surface area contributed by atoms with Crippen molar-refractivity contribution in [2.24, 2.45) is 5.92 Å². The number of hydrogen-bond acceptors (Lipinski definition) is 6. The van der Waals surface area contributed by atoms with Gasteiger partial charge in [-0.25, -0.2) is 4.98 Å². The molecular weight excluding hydrogens is 348 g/mol. The topological polar surface area (TPSA) is 103 Å². The Labute approximate surface area is 156 Å². The molecule has 0 radical (unpaired) electrons. The Morgan fingerprint density at radius 1 is 1.54 bits per heavy atom. The number of nitriles is 1. The van der Waals surface area contributed by atoms with Gasteiger partial charge in [0.1, 0.15) is 17.5 Å². The molecule has 7 heteroatoms. The number of anilines is 1. The number of fused-ring (bicyclic) bond motifs is 1. The largest absolute Gasteiger partial charge is 0.481 e. The molecule has 3 rings (SSSR count). The highest BCUT2D eigenvalue weighted by molar-refractivity contribution is 7.13. The first-order chi connectivity index (χ1) is 12.4. The fraction of sp³-hybridized carbons (Fsp3) is 0.421. The minimum absolute atomic E-state index is 0.0666. The lowest BCUT2D eigenvalue weighted by Crippen LogP contribution is -2.20. The predicted molar refractivity (Wildman–Crippen MR) is 102 cm³/mol. The molecule has 2 heterocycles. The van der Waals surface area contributed by atoms with Gasteiger partial charge in [0, 0.05) is 29.1 Å². The van der Waals surface area contributed by atoms with Gasteiger partial charge >= 0.3 is 5.97 Å². The summed E-state index contributed by atoms with van der Waals surface area (Å²) in [6.45, 7) is 0.822. The Morgan fingerprint density at radius 3 is 2.96 bits per heavy atom. The highest BCUT2D eigenvalue weighted by Crippen LogP contribution is 2.40. The fourth-order valence-electron chi connectivity index (χ4n) is 3.61. The number of carboxylic acids is 1. The van der Waals surface area contributed by atoms with Gasteiger partial charge in [-0.3, -0.25) is 4.79 Å². The molecular formula is C19H22N4O2S. The van der Waals surface area contributed by atoms with Gasteiger partial charge in [0.15, 0.2) is 0 Å². The lowest BCUT2D eigenvalue weighted by molar-refractivity contribution is -0.138. The third-order valence-electron chi connectivity index (χ3n) is 4.67. The summed E-state index contributed by atoms with van der Waals surface area (Å²) in [6, 6.07) is 4.31. The summed E-state index contributed by atoms with van der Waals surface area (Å²) in [5.41, 5.74) is 10.4. The standard InChI is InChI=1S/C19H22N4O2S/c1-23(2)9-12-6-16(26-10-12)18-13-5-11(7-17(24)25)3-4-15(13)22-19(21)14(18)8-20/h6,10-11H,3-5,7,9H2,1-2H3,(H2,21,22)(H,24,25). The number of rotatable bonds is 5. The second kappa shape index (κ2) is 7.44. The van der Waals surface area contributed by atoms with Crippen LogP contribution < -0.4 is 5.73 Å². The third kappa shape index (κ3) is 3.71. The molecule has 0 aliphatic heterocycles. The molecule has 6 nitrogen and oxygen atoms in total. The Hall–Kier alpha value is -2.43. The number of carboxylic acid groups (broad SMARTS) is 1. The Bertz CT molecular complexity index is 882. The Morgan fingerprint density at radius 2 is 2.31 bits per heavy atom. The number of thiophene rings is 1. The van der Waals surface area contributed by atoms with Gasteiger partial charge in [-0.15, -0.1) is 11.3 Å². The molecule has 0 aromatic carbocycles. The van der Waals surface area contributed by atoms with Gasteiger partial charge in [-0.1, -0.05) is 0 Å². The highest BCUT2D eigenvalue weighted by atomic mass is 32.1. The second-order valence-electron chi connectivity index (χ2n) is 7.05. The molecule has 0 amide bonds. The van der Waals surface area contributed by atoms with Crippen LogP contribution in [0.25, 0.3) is 10.4 Å². The maximum absolute atomic E-state index is 11.1. The number of pyridine rings is 1. The lowest BCUT2D eigenvalue weighted by Gasteiger charge is -2.26. The normalized spacial score (nSPS) is 16.3. The zero-order valence-electron chi connectivity index (χ0n) is 15.0. The van der Waals surface area contributed by atoms with Crippen molar-refractivity contribution in [1.29, 1.82) is 5.26 Å². The summed E-state index contributed by atoms with van der Waals surface area (Å²) in [4.78, 5) is 18.7. The Kier molecular flexibility index (Phi) is 5.25. The van der Waals surface area contributed by atoms with Crippen molar-refractivity contribution in [3.8, 4) is 16.5 Å². The molecule has 2 aromatic heterocycles. The summed E-state index contributed by atoms with van der Waals surface area (Å²) < 4.78 is 0. The molecule has 26 heavy (non-hydrogen) atoms. The van der Waals surface area contributed by atoms with Crippen LogP contribution in [0.1, 0.15) is 35.2 Å². The number of nitrogens with two attached hydrogens (primary N) is 1. The van der Waals surface area contributed by atoms with E-state index in [4.69, 9.17) is 10.8 Å². The molecule has 136 valence electrons. The number of nitrogens with zero attached hydrogens (tertiary/aromatic N) is 3. The van der Waals surface area contributed by atoms with Crippen LogP contribution >= 0.6 is 11.3 Å². The molecule has 1 aliphatic rings. The first-order valence-electron chi connectivity index (χ1n) is 8.54. The van der Waals surface area contributed by atoms with Crippen molar-refractivity contribution < 1.29 is 9.90 Å². The fourth-order valence-corrected chi connectivity index (χ4v) is 4.59. The van der Waals surface area contributed by atoms with Gasteiger partial charge in [-0.2, -0.15) is 5.26 Å². The lowest BCUT2D eigenvalue weighted by atomic mass is 9.81. The van der Waals surface area contributed by atoms with E-state index in [-0.39, 0.29) is 18.2 Å². The van der Waals surface area contributed by atoms with Crippen LogP contribution in [-0.4, -0.2) is 35.1 Å².